The fourth-order valence-corrected chi connectivity index (χ4v) is 3.41. The Balaban J connectivity index is 1.59. The molecule has 4 N–H and O–H groups in total. The quantitative estimate of drug-likeness (QED) is 0.469. The van der Waals surface area contributed by atoms with Crippen molar-refractivity contribution in [1.82, 2.24) is 10.3 Å². The number of nitrogens with zero attached hydrogens (tertiary/aromatic N) is 1. The maximum absolute atomic E-state index is 12.4. The molecule has 1 heterocycles. The van der Waals surface area contributed by atoms with E-state index in [0.29, 0.717) is 25.0 Å². The van der Waals surface area contributed by atoms with Gasteiger partial charge in [0, 0.05) is 18.3 Å². The van der Waals surface area contributed by atoms with Gasteiger partial charge in [0.15, 0.2) is 0 Å². The molecule has 0 bridgehead atoms. The Bertz CT molecular complexity index is 907. The number of alkyl carbamates (subject to hydrolysis) is 1. The molecule has 6 nitrogen and oxygen atoms in total. The van der Waals surface area contributed by atoms with Gasteiger partial charge >= 0.3 is 6.09 Å². The molecule has 3 atom stereocenters. The fraction of sp³-hybridized carbons (Fsp3) is 0.280. The van der Waals surface area contributed by atoms with Crippen LogP contribution in [0.4, 0.5) is 4.79 Å². The van der Waals surface area contributed by atoms with Gasteiger partial charge in [-0.05, 0) is 42.5 Å². The lowest BCUT2D eigenvalue weighted by atomic mass is 9.94. The molecule has 0 saturated heterocycles. The third-order valence-corrected chi connectivity index (χ3v) is 5.06. The van der Waals surface area contributed by atoms with Crippen molar-refractivity contribution in [2.24, 2.45) is 5.73 Å². The first-order chi connectivity index (χ1) is 15.1. The summed E-state index contributed by atoms with van der Waals surface area (Å²) in [6.45, 7) is 0.0841. The summed E-state index contributed by atoms with van der Waals surface area (Å²) in [5.41, 5.74) is 9.05. The third-order valence-electron chi connectivity index (χ3n) is 5.06. The topological polar surface area (TPSA) is 97.5 Å². The molecule has 0 spiro atoms. The minimum Gasteiger partial charge on any atom is -0.443 e. The Morgan fingerprint density at radius 3 is 2.16 bits per heavy atom. The first-order valence-corrected chi connectivity index (χ1v) is 10.4. The monoisotopic (exact) mass is 419 g/mol. The van der Waals surface area contributed by atoms with Crippen LogP contribution in [0.2, 0.25) is 0 Å². The third kappa shape index (κ3) is 7.85. The van der Waals surface area contributed by atoms with Gasteiger partial charge in [0.25, 0.3) is 0 Å². The van der Waals surface area contributed by atoms with Gasteiger partial charge in [0.2, 0.25) is 0 Å². The lowest BCUT2D eigenvalue weighted by molar-refractivity contribution is 0.109. The van der Waals surface area contributed by atoms with Gasteiger partial charge in [0.1, 0.15) is 6.61 Å². The van der Waals surface area contributed by atoms with E-state index < -0.39 is 18.2 Å². The summed E-state index contributed by atoms with van der Waals surface area (Å²) < 4.78 is 5.31. The number of carbonyl (C=O) groups excluding carboxylic acids is 1. The summed E-state index contributed by atoms with van der Waals surface area (Å²) in [5, 5.41) is 13.6. The molecule has 0 unspecified atom stereocenters. The Labute approximate surface area is 183 Å². The molecule has 1 amide bonds. The van der Waals surface area contributed by atoms with Crippen molar-refractivity contribution in [3.8, 4) is 0 Å². The van der Waals surface area contributed by atoms with Gasteiger partial charge in [-0.2, -0.15) is 0 Å². The molecule has 162 valence electrons. The van der Waals surface area contributed by atoms with E-state index in [1.54, 1.807) is 18.3 Å². The summed E-state index contributed by atoms with van der Waals surface area (Å²) in [6, 6.07) is 24.3. The van der Waals surface area contributed by atoms with Crippen LogP contribution in [0.25, 0.3) is 0 Å². The van der Waals surface area contributed by atoms with E-state index in [1.807, 2.05) is 66.7 Å². The number of rotatable bonds is 10. The predicted molar refractivity (Wildman–Crippen MR) is 120 cm³/mol. The van der Waals surface area contributed by atoms with E-state index >= 15 is 0 Å². The molecular weight excluding hydrogens is 390 g/mol. The number of aliphatic hydroxyl groups is 1. The number of benzene rings is 2. The van der Waals surface area contributed by atoms with Crippen molar-refractivity contribution in [2.45, 2.75) is 44.1 Å². The van der Waals surface area contributed by atoms with Crippen LogP contribution in [0, 0.1) is 0 Å². The number of nitrogens with one attached hydrogen (secondary N) is 1. The van der Waals surface area contributed by atoms with E-state index in [2.05, 4.69) is 10.3 Å². The highest BCUT2D eigenvalue weighted by molar-refractivity contribution is 5.67. The van der Waals surface area contributed by atoms with E-state index in [1.165, 1.54) is 0 Å². The van der Waals surface area contributed by atoms with Gasteiger partial charge < -0.3 is 20.9 Å². The molecule has 0 radical (unpaired) electrons. The minimum atomic E-state index is -0.773. The van der Waals surface area contributed by atoms with Crippen LogP contribution in [-0.4, -0.2) is 34.4 Å². The zero-order valence-corrected chi connectivity index (χ0v) is 17.4. The van der Waals surface area contributed by atoms with E-state index in [-0.39, 0.29) is 12.6 Å². The molecule has 0 aliphatic rings. The standard InChI is InChI=1S/C25H29N3O3/c26-23(16-20-11-5-2-6-12-20)24(29)17-22(15-19-9-3-1-4-10-19)28-25(30)31-18-21-13-7-8-14-27-21/h1-14,22-24,29H,15-18,26H2,(H,28,30)/t22-,23-,24-/m0/s1. The Morgan fingerprint density at radius 1 is 0.935 bits per heavy atom. The molecule has 3 rings (SSSR count). The largest absolute Gasteiger partial charge is 0.443 e. The van der Waals surface area contributed by atoms with Crippen LogP contribution >= 0.6 is 0 Å². The number of hydrogen-bond acceptors (Lipinski definition) is 5. The van der Waals surface area contributed by atoms with Crippen LogP contribution in [0.1, 0.15) is 23.2 Å². The fourth-order valence-electron chi connectivity index (χ4n) is 3.41. The summed E-state index contributed by atoms with van der Waals surface area (Å²) >= 11 is 0. The van der Waals surface area contributed by atoms with Crippen LogP contribution in [0.5, 0.6) is 0 Å². The van der Waals surface area contributed by atoms with E-state index in [9.17, 15) is 9.90 Å². The molecule has 0 saturated carbocycles. The highest BCUT2D eigenvalue weighted by Crippen LogP contribution is 2.13. The molecule has 1 aromatic heterocycles. The molecule has 3 aromatic rings. The first-order valence-electron chi connectivity index (χ1n) is 10.4. The zero-order valence-electron chi connectivity index (χ0n) is 17.4. The number of ether oxygens (including phenoxy) is 1. The molecule has 31 heavy (non-hydrogen) atoms. The number of hydrogen-bond donors (Lipinski definition) is 3. The predicted octanol–water partition coefficient (Wildman–Crippen LogP) is 3.24. The van der Waals surface area contributed by atoms with Crippen LogP contribution in [0.15, 0.2) is 85.1 Å². The van der Waals surface area contributed by atoms with Gasteiger partial charge in [-0.1, -0.05) is 66.7 Å². The summed E-state index contributed by atoms with van der Waals surface area (Å²) in [5.74, 6) is 0. The van der Waals surface area contributed by atoms with Crippen molar-refractivity contribution in [3.63, 3.8) is 0 Å². The average molecular weight is 420 g/mol. The number of aromatic nitrogens is 1. The number of nitrogens with two attached hydrogens (primary N) is 1. The SMILES string of the molecule is N[C@@H](Cc1ccccc1)[C@@H](O)C[C@H](Cc1ccccc1)NC(=O)OCc1ccccn1. The second-order valence-corrected chi connectivity index (χ2v) is 7.58. The van der Waals surface area contributed by atoms with Crippen molar-refractivity contribution in [1.29, 1.82) is 0 Å². The molecule has 0 aliphatic carbocycles. The van der Waals surface area contributed by atoms with Crippen LogP contribution < -0.4 is 11.1 Å². The molecule has 0 aliphatic heterocycles. The van der Waals surface area contributed by atoms with E-state index in [4.69, 9.17) is 10.5 Å². The lowest BCUT2D eigenvalue weighted by Crippen LogP contribution is -2.44. The van der Waals surface area contributed by atoms with Gasteiger partial charge in [-0.25, -0.2) is 4.79 Å². The zero-order chi connectivity index (χ0) is 21.9. The van der Waals surface area contributed by atoms with Crippen molar-refractivity contribution < 1.29 is 14.6 Å². The average Bonchev–Trinajstić information content (AvgIpc) is 2.79. The molecule has 6 heteroatoms. The normalized spacial score (nSPS) is 13.7. The Hall–Kier alpha value is -3.22. The van der Waals surface area contributed by atoms with Crippen molar-refractivity contribution in [3.05, 3.63) is 102 Å². The molecule has 0 fully saturated rings. The highest BCUT2D eigenvalue weighted by atomic mass is 16.5. The summed E-state index contributed by atoms with van der Waals surface area (Å²) in [6.07, 6.45) is 1.78. The number of carbonyl (C=O) groups is 1. The van der Waals surface area contributed by atoms with Gasteiger partial charge in [-0.15, -0.1) is 0 Å². The summed E-state index contributed by atoms with van der Waals surface area (Å²) in [7, 11) is 0. The Morgan fingerprint density at radius 2 is 1.55 bits per heavy atom. The van der Waals surface area contributed by atoms with E-state index in [0.717, 1.165) is 11.1 Å². The van der Waals surface area contributed by atoms with Crippen molar-refractivity contribution in [2.75, 3.05) is 0 Å². The highest BCUT2D eigenvalue weighted by Gasteiger charge is 2.23. The van der Waals surface area contributed by atoms with Gasteiger partial charge in [0.05, 0.1) is 11.8 Å². The number of aliphatic hydroxyl groups excluding tert-OH is 1. The number of pyridine rings is 1. The smallest absolute Gasteiger partial charge is 0.407 e. The minimum absolute atomic E-state index is 0.0841. The number of amides is 1. The maximum atomic E-state index is 12.4. The molecular formula is C25H29N3O3. The van der Waals surface area contributed by atoms with Crippen LogP contribution in [0.3, 0.4) is 0 Å². The van der Waals surface area contributed by atoms with Crippen LogP contribution in [-0.2, 0) is 24.2 Å². The van der Waals surface area contributed by atoms with Gasteiger partial charge in [-0.3, -0.25) is 4.98 Å². The maximum Gasteiger partial charge on any atom is 0.407 e. The Kier molecular flexibility index (Phi) is 8.58. The lowest BCUT2D eigenvalue weighted by Gasteiger charge is -2.25. The van der Waals surface area contributed by atoms with Crippen molar-refractivity contribution >= 4 is 6.09 Å². The second-order valence-electron chi connectivity index (χ2n) is 7.58. The molecule has 2 aromatic carbocycles. The summed E-state index contributed by atoms with van der Waals surface area (Å²) in [4.78, 5) is 16.5. The second kappa shape index (κ2) is 11.8. The first kappa shape index (κ1) is 22.5.